The van der Waals surface area contributed by atoms with Crippen molar-refractivity contribution in [3.05, 3.63) is 11.6 Å². The molecule has 0 spiro atoms. The average Bonchev–Trinajstić information content (AvgIpc) is 3.75. The molecule has 0 aromatic carbocycles. The molecular formula is C37H66O7. The van der Waals surface area contributed by atoms with Crippen LogP contribution in [-0.2, 0) is 19.0 Å². The molecule has 44 heavy (non-hydrogen) atoms. The van der Waals surface area contributed by atoms with Gasteiger partial charge in [-0.25, -0.2) is 4.79 Å². The van der Waals surface area contributed by atoms with Gasteiger partial charge in [-0.05, 0) is 57.9 Å². The van der Waals surface area contributed by atoms with Gasteiger partial charge in [0.25, 0.3) is 0 Å². The zero-order valence-corrected chi connectivity index (χ0v) is 28.1. The maximum absolute atomic E-state index is 11.7. The van der Waals surface area contributed by atoms with Crippen LogP contribution in [0.25, 0.3) is 0 Å². The number of esters is 1. The standard InChI is InChI=1S/C37H66O7/c1-3-4-5-6-7-11-14-17-20-31(39)33-22-24-35(43-33)36-25-23-34(44-36)32(40)21-18-15-12-9-8-10-13-16-19-30(38)27-29-26-28(2)42-37(29)41/h26,28,30-36,38-40H,3-25,27H2,1-2H3/t28-,30-,31-,32-,33-,34+,35-,36-/m1/s1. The van der Waals surface area contributed by atoms with Crippen molar-refractivity contribution in [1.29, 1.82) is 0 Å². The lowest BCUT2D eigenvalue weighted by Crippen LogP contribution is -2.33. The Morgan fingerprint density at radius 3 is 1.52 bits per heavy atom. The molecule has 0 unspecified atom stereocenters. The van der Waals surface area contributed by atoms with Gasteiger partial charge in [0.05, 0.1) is 42.7 Å². The molecule has 2 saturated heterocycles. The highest BCUT2D eigenvalue weighted by Crippen LogP contribution is 2.34. The van der Waals surface area contributed by atoms with Crippen molar-refractivity contribution < 1.29 is 34.3 Å². The topological polar surface area (TPSA) is 105 Å². The van der Waals surface area contributed by atoms with E-state index in [4.69, 9.17) is 14.2 Å². The molecule has 0 aliphatic carbocycles. The fourth-order valence-corrected chi connectivity index (χ4v) is 7.28. The van der Waals surface area contributed by atoms with Gasteiger partial charge in [0.15, 0.2) is 0 Å². The molecule has 3 heterocycles. The SMILES string of the molecule is CCCCCCCCCC[C@@H](O)[C@H]1CC[C@H]([C@H]2CC[C@@H]([C@H](O)CCCCCCCCCC[C@@H](O)CC3=C[C@@H](C)OC3=O)O2)O1. The van der Waals surface area contributed by atoms with Crippen LogP contribution < -0.4 is 0 Å². The summed E-state index contributed by atoms with van der Waals surface area (Å²) in [6.45, 7) is 4.09. The summed E-state index contributed by atoms with van der Waals surface area (Å²) in [6, 6.07) is 0. The molecule has 7 nitrogen and oxygen atoms in total. The van der Waals surface area contributed by atoms with Gasteiger partial charge in [-0.2, -0.15) is 0 Å². The minimum absolute atomic E-state index is 0.0519. The maximum Gasteiger partial charge on any atom is 0.334 e. The summed E-state index contributed by atoms with van der Waals surface area (Å²) >= 11 is 0. The number of cyclic esters (lactones) is 1. The second-order valence-corrected chi connectivity index (χ2v) is 14.0. The van der Waals surface area contributed by atoms with Crippen molar-refractivity contribution in [2.75, 3.05) is 0 Å². The number of carbonyl (C=O) groups excluding carboxylic acids is 1. The molecule has 0 radical (unpaired) electrons. The number of rotatable bonds is 25. The van der Waals surface area contributed by atoms with E-state index in [1.165, 1.54) is 70.6 Å². The molecule has 0 aromatic rings. The largest absolute Gasteiger partial charge is 0.455 e. The lowest BCUT2D eigenvalue weighted by molar-refractivity contribution is -0.139. The van der Waals surface area contributed by atoms with Gasteiger partial charge in [-0.1, -0.05) is 110 Å². The van der Waals surface area contributed by atoms with Gasteiger partial charge in [0.2, 0.25) is 0 Å². The summed E-state index contributed by atoms with van der Waals surface area (Å²) in [6.07, 6.45) is 26.1. The number of aliphatic hydroxyl groups is 3. The molecule has 0 aromatic heterocycles. The van der Waals surface area contributed by atoms with E-state index in [-0.39, 0.29) is 42.6 Å². The predicted octanol–water partition coefficient (Wildman–Crippen LogP) is 7.86. The summed E-state index contributed by atoms with van der Waals surface area (Å²) in [5.74, 6) is -0.281. The number of unbranched alkanes of at least 4 members (excludes halogenated alkanes) is 14. The fraction of sp³-hybridized carbons (Fsp3) is 0.919. The van der Waals surface area contributed by atoms with E-state index in [2.05, 4.69) is 6.92 Å². The first-order valence-electron chi connectivity index (χ1n) is 18.6. The number of aliphatic hydroxyl groups excluding tert-OH is 3. The Morgan fingerprint density at radius 2 is 1.09 bits per heavy atom. The van der Waals surface area contributed by atoms with Crippen molar-refractivity contribution in [1.82, 2.24) is 0 Å². The average molecular weight is 623 g/mol. The summed E-state index contributed by atoms with van der Waals surface area (Å²) in [5, 5.41) is 31.6. The Labute approximate surface area is 268 Å². The van der Waals surface area contributed by atoms with E-state index in [0.717, 1.165) is 77.0 Å². The minimum atomic E-state index is -0.463. The second kappa shape index (κ2) is 21.7. The van der Waals surface area contributed by atoms with E-state index in [0.29, 0.717) is 12.0 Å². The maximum atomic E-state index is 11.7. The molecule has 8 atom stereocenters. The second-order valence-electron chi connectivity index (χ2n) is 14.0. The molecule has 3 aliphatic heterocycles. The number of ether oxygens (including phenoxy) is 3. The highest BCUT2D eigenvalue weighted by atomic mass is 16.6. The molecule has 3 rings (SSSR count). The summed E-state index contributed by atoms with van der Waals surface area (Å²) in [7, 11) is 0. The van der Waals surface area contributed by atoms with Crippen LogP contribution in [0.2, 0.25) is 0 Å². The summed E-state index contributed by atoms with van der Waals surface area (Å²) in [5.41, 5.74) is 0.617. The monoisotopic (exact) mass is 622 g/mol. The van der Waals surface area contributed by atoms with Crippen molar-refractivity contribution in [2.45, 2.75) is 217 Å². The van der Waals surface area contributed by atoms with E-state index in [1.54, 1.807) is 0 Å². The third-order valence-corrected chi connectivity index (χ3v) is 10.0. The third-order valence-electron chi connectivity index (χ3n) is 10.0. The number of carbonyl (C=O) groups is 1. The highest BCUT2D eigenvalue weighted by molar-refractivity contribution is 5.90. The van der Waals surface area contributed by atoms with Gasteiger partial charge in [-0.15, -0.1) is 0 Å². The molecule has 7 heteroatoms. The van der Waals surface area contributed by atoms with Crippen LogP contribution in [0.15, 0.2) is 11.6 Å². The molecule has 2 fully saturated rings. The Morgan fingerprint density at radius 1 is 0.659 bits per heavy atom. The zero-order valence-electron chi connectivity index (χ0n) is 28.1. The van der Waals surface area contributed by atoms with Gasteiger partial charge in [0.1, 0.15) is 6.10 Å². The Balaban J connectivity index is 1.13. The first-order chi connectivity index (χ1) is 21.4. The lowest BCUT2D eigenvalue weighted by atomic mass is 10.00. The number of hydrogen-bond acceptors (Lipinski definition) is 7. The third kappa shape index (κ3) is 14.2. The number of hydrogen-bond donors (Lipinski definition) is 3. The molecule has 0 amide bonds. The van der Waals surface area contributed by atoms with Crippen LogP contribution in [0.1, 0.15) is 168 Å². The van der Waals surface area contributed by atoms with Crippen LogP contribution >= 0.6 is 0 Å². The molecule has 0 bridgehead atoms. The van der Waals surface area contributed by atoms with E-state index < -0.39 is 12.2 Å². The minimum Gasteiger partial charge on any atom is -0.455 e. The van der Waals surface area contributed by atoms with E-state index >= 15 is 0 Å². The Hall–Kier alpha value is -0.990. The van der Waals surface area contributed by atoms with Crippen LogP contribution in [0, 0.1) is 0 Å². The van der Waals surface area contributed by atoms with Crippen LogP contribution in [-0.4, -0.2) is 70.1 Å². The quantitative estimate of drug-likeness (QED) is 0.0703. The lowest BCUT2D eigenvalue weighted by Gasteiger charge is -2.24. The molecule has 3 N–H and O–H groups in total. The highest BCUT2D eigenvalue weighted by Gasteiger charge is 2.40. The Bertz CT molecular complexity index is 801. The normalized spacial score (nSPS) is 27.4. The van der Waals surface area contributed by atoms with Gasteiger partial charge in [-0.3, -0.25) is 0 Å². The van der Waals surface area contributed by atoms with Gasteiger partial charge >= 0.3 is 5.97 Å². The first-order valence-corrected chi connectivity index (χ1v) is 18.6. The van der Waals surface area contributed by atoms with Crippen LogP contribution in [0.5, 0.6) is 0 Å². The van der Waals surface area contributed by atoms with E-state index in [1.807, 2.05) is 13.0 Å². The van der Waals surface area contributed by atoms with Crippen LogP contribution in [0.4, 0.5) is 0 Å². The van der Waals surface area contributed by atoms with Crippen molar-refractivity contribution in [3.63, 3.8) is 0 Å². The fourth-order valence-electron chi connectivity index (χ4n) is 7.28. The van der Waals surface area contributed by atoms with Crippen LogP contribution in [0.3, 0.4) is 0 Å². The Kier molecular flexibility index (Phi) is 18.5. The van der Waals surface area contributed by atoms with Crippen molar-refractivity contribution in [2.24, 2.45) is 0 Å². The van der Waals surface area contributed by atoms with Crippen molar-refractivity contribution >= 4 is 5.97 Å². The summed E-state index contributed by atoms with van der Waals surface area (Å²) < 4.78 is 17.7. The summed E-state index contributed by atoms with van der Waals surface area (Å²) in [4.78, 5) is 11.7. The van der Waals surface area contributed by atoms with Gasteiger partial charge < -0.3 is 29.5 Å². The predicted molar refractivity (Wildman–Crippen MR) is 175 cm³/mol. The van der Waals surface area contributed by atoms with Gasteiger partial charge in [0, 0.05) is 12.0 Å². The van der Waals surface area contributed by atoms with E-state index in [9.17, 15) is 20.1 Å². The molecule has 3 aliphatic rings. The molecule has 0 saturated carbocycles. The first kappa shape index (κ1) is 37.5. The smallest absolute Gasteiger partial charge is 0.334 e. The molecule has 256 valence electrons. The van der Waals surface area contributed by atoms with Crippen molar-refractivity contribution in [3.8, 4) is 0 Å². The zero-order chi connectivity index (χ0) is 31.6. The molecular weight excluding hydrogens is 556 g/mol.